The van der Waals surface area contributed by atoms with E-state index in [0.29, 0.717) is 37.9 Å². The van der Waals surface area contributed by atoms with Crippen molar-refractivity contribution in [1.82, 2.24) is 0 Å². The van der Waals surface area contributed by atoms with Crippen LogP contribution in [0.1, 0.15) is 55.4 Å². The Kier molecular flexibility index (Phi) is 15.7. The summed E-state index contributed by atoms with van der Waals surface area (Å²) in [5.41, 5.74) is 0. The van der Waals surface area contributed by atoms with E-state index in [9.17, 15) is 0 Å². The van der Waals surface area contributed by atoms with Gasteiger partial charge in [-0.3, -0.25) is 0 Å². The van der Waals surface area contributed by atoms with Crippen molar-refractivity contribution >= 4 is 48.2 Å². The van der Waals surface area contributed by atoms with Gasteiger partial charge in [-0.15, -0.1) is 0 Å². The van der Waals surface area contributed by atoms with Crippen molar-refractivity contribution in [3.63, 3.8) is 0 Å². The maximum Gasteiger partial charge on any atom is 0.261 e. The van der Waals surface area contributed by atoms with E-state index in [2.05, 4.69) is 187 Å². The summed E-state index contributed by atoms with van der Waals surface area (Å²) in [7, 11) is -5.78. The van der Waals surface area contributed by atoms with Gasteiger partial charge in [0, 0.05) is 24.0 Å². The van der Waals surface area contributed by atoms with Gasteiger partial charge >= 0.3 is 0 Å². The van der Waals surface area contributed by atoms with Crippen LogP contribution in [0.15, 0.2) is 182 Å². The molecule has 6 atom stereocenters. The molecule has 2 heterocycles. The summed E-state index contributed by atoms with van der Waals surface area (Å²) in [6.45, 7) is 19.2. The molecule has 0 aliphatic carbocycles. The zero-order chi connectivity index (χ0) is 47.8. The lowest BCUT2D eigenvalue weighted by molar-refractivity contribution is -0.173. The number of ether oxygens (including phenoxy) is 6. The fraction of sp³-hybridized carbons (Fsp3) is 0.345. The van der Waals surface area contributed by atoms with Gasteiger partial charge in [0.05, 0.1) is 13.2 Å². The molecule has 6 aromatic rings. The first-order chi connectivity index (χ1) is 32.9. The molecule has 0 N–H and O–H groups in total. The maximum absolute atomic E-state index is 7.42. The maximum atomic E-state index is 7.42. The summed E-state index contributed by atoms with van der Waals surface area (Å²) >= 11 is 0. The van der Waals surface area contributed by atoms with E-state index < -0.39 is 53.6 Å². The highest BCUT2D eigenvalue weighted by Crippen LogP contribution is 2.40. The van der Waals surface area contributed by atoms with Gasteiger partial charge in [0.2, 0.25) is 0 Å². The van der Waals surface area contributed by atoms with E-state index in [-0.39, 0.29) is 10.1 Å². The molecule has 2 aliphatic rings. The van der Waals surface area contributed by atoms with E-state index in [4.69, 9.17) is 37.3 Å². The highest BCUT2D eigenvalue weighted by atomic mass is 28.4. The van der Waals surface area contributed by atoms with Crippen LogP contribution in [0.25, 0.3) is 10.8 Å². The number of fused-ring (bicyclic) bond motifs is 1. The van der Waals surface area contributed by atoms with Gasteiger partial charge in [-0.25, -0.2) is 0 Å². The first-order valence-corrected chi connectivity index (χ1v) is 28.0. The number of hydrogen-bond donors (Lipinski definition) is 0. The van der Waals surface area contributed by atoms with Gasteiger partial charge in [-0.2, -0.15) is 0 Å². The van der Waals surface area contributed by atoms with Gasteiger partial charge in [0.1, 0.15) is 35.9 Å². The number of rotatable bonds is 18. The Balaban J connectivity index is 1.09. The molecule has 68 heavy (non-hydrogen) atoms. The lowest BCUT2D eigenvalue weighted by Crippen LogP contribution is -2.67. The topological polar surface area (TPSA) is 73.8 Å². The van der Waals surface area contributed by atoms with Crippen molar-refractivity contribution in [3.8, 4) is 11.5 Å². The SMILES string of the molecule is CCO[C@@H]1C=C[C@H](Oc2cccc3c(O[C@H]4C=C[C@@H](OCC)O[C@@H]4CO[Si](c4ccccc4)(c4ccccc4)C(C)(C)C)cccc23)[C@@H](CO[Si](c2ccccc2)(c2ccccc2)C(C)(C)C)O1. The average Bonchev–Trinajstić information content (AvgIpc) is 3.34. The molecule has 2 aliphatic heterocycles. The molecular formula is C58H68O8Si2. The van der Waals surface area contributed by atoms with Crippen molar-refractivity contribution < 1.29 is 37.3 Å². The second-order valence-electron chi connectivity index (χ2n) is 19.5. The Bertz CT molecular complexity index is 2320. The zero-order valence-corrected chi connectivity index (χ0v) is 42.9. The zero-order valence-electron chi connectivity index (χ0n) is 40.9. The van der Waals surface area contributed by atoms with Crippen LogP contribution in [0, 0.1) is 0 Å². The molecule has 0 bridgehead atoms. The highest BCUT2D eigenvalue weighted by Gasteiger charge is 2.52. The molecule has 10 heteroatoms. The van der Waals surface area contributed by atoms with Crippen LogP contribution in [0.5, 0.6) is 11.5 Å². The predicted molar refractivity (Wildman–Crippen MR) is 279 cm³/mol. The van der Waals surface area contributed by atoms with Crippen molar-refractivity contribution in [2.75, 3.05) is 26.4 Å². The molecule has 0 aromatic heterocycles. The van der Waals surface area contributed by atoms with E-state index in [1.54, 1.807) is 0 Å². The van der Waals surface area contributed by atoms with Crippen LogP contribution < -0.4 is 30.2 Å². The molecule has 356 valence electrons. The van der Waals surface area contributed by atoms with Crippen molar-refractivity contribution in [1.29, 1.82) is 0 Å². The van der Waals surface area contributed by atoms with E-state index >= 15 is 0 Å². The fourth-order valence-corrected chi connectivity index (χ4v) is 19.1. The first kappa shape index (κ1) is 49.3. The standard InChI is InChI=1S/C58H68O8Si2/c1-9-59-55-39-37-51(53(65-55)41-61-67(57(3,4)5,43-25-15-11-16-26-43)44-27-17-12-18-28-44)63-49-35-23-34-48-47(49)33-24-36-50(48)64-52-38-40-56(60-10-2)66-54(52)42-62-68(58(6,7)8,45-29-19-13-20-30-45)46-31-21-14-22-32-46/h11-40,51-56H,9-10,41-42H2,1-8H3/t51-,52-,53+,54+,55-,56-/m0/s1. The number of benzene rings is 6. The normalized spacial score (nSPS) is 21.2. The summed E-state index contributed by atoms with van der Waals surface area (Å²) in [6, 6.07) is 54.9. The summed E-state index contributed by atoms with van der Waals surface area (Å²) < 4.78 is 54.3. The minimum atomic E-state index is -2.89. The van der Waals surface area contributed by atoms with E-state index in [0.717, 1.165) is 10.8 Å². The van der Waals surface area contributed by atoms with Crippen LogP contribution in [0.4, 0.5) is 0 Å². The summed E-state index contributed by atoms with van der Waals surface area (Å²) in [5, 5.41) is 6.20. The van der Waals surface area contributed by atoms with Crippen molar-refractivity contribution in [2.24, 2.45) is 0 Å². The third-order valence-electron chi connectivity index (χ3n) is 13.1. The van der Waals surface area contributed by atoms with Gasteiger partial charge < -0.3 is 37.3 Å². The third kappa shape index (κ3) is 10.4. The van der Waals surface area contributed by atoms with Gasteiger partial charge in [0.15, 0.2) is 12.6 Å². The van der Waals surface area contributed by atoms with Gasteiger partial charge in [-0.1, -0.05) is 187 Å². The Morgan fingerprint density at radius 2 is 0.735 bits per heavy atom. The quantitative estimate of drug-likeness (QED) is 0.0623. The molecule has 0 amide bonds. The smallest absolute Gasteiger partial charge is 0.261 e. The first-order valence-electron chi connectivity index (χ1n) is 24.1. The molecule has 0 saturated carbocycles. The molecule has 8 rings (SSSR count). The van der Waals surface area contributed by atoms with Crippen LogP contribution in [-0.4, -0.2) is 80.1 Å². The predicted octanol–water partition coefficient (Wildman–Crippen LogP) is 10.1. The van der Waals surface area contributed by atoms with Crippen LogP contribution in [0.2, 0.25) is 10.1 Å². The minimum absolute atomic E-state index is 0.211. The van der Waals surface area contributed by atoms with Crippen molar-refractivity contribution in [3.05, 3.63) is 182 Å². The molecule has 0 fully saturated rings. The molecule has 0 unspecified atom stereocenters. The van der Waals surface area contributed by atoms with E-state index in [1.807, 2.05) is 50.3 Å². The Morgan fingerprint density at radius 1 is 0.412 bits per heavy atom. The molecule has 0 spiro atoms. The van der Waals surface area contributed by atoms with Crippen LogP contribution >= 0.6 is 0 Å². The van der Waals surface area contributed by atoms with Crippen molar-refractivity contribution in [2.45, 2.75) is 102 Å². The van der Waals surface area contributed by atoms with Crippen LogP contribution in [-0.2, 0) is 27.8 Å². The fourth-order valence-electron chi connectivity index (χ4n) is 9.94. The molecular weight excluding hydrogens is 881 g/mol. The number of hydrogen-bond acceptors (Lipinski definition) is 8. The lowest BCUT2D eigenvalue weighted by atomic mass is 10.1. The summed E-state index contributed by atoms with van der Waals surface area (Å²) in [4.78, 5) is 0. The largest absolute Gasteiger partial charge is 0.483 e. The minimum Gasteiger partial charge on any atom is -0.483 e. The Morgan fingerprint density at radius 3 is 1.03 bits per heavy atom. The second kappa shape index (κ2) is 21.7. The van der Waals surface area contributed by atoms with E-state index in [1.165, 1.54) is 20.7 Å². The molecule has 6 aromatic carbocycles. The molecule has 0 radical (unpaired) electrons. The Labute approximate surface area is 406 Å². The monoisotopic (exact) mass is 948 g/mol. The summed E-state index contributed by atoms with van der Waals surface area (Å²) in [6.07, 6.45) is 5.01. The summed E-state index contributed by atoms with van der Waals surface area (Å²) in [5.74, 6) is 1.41. The van der Waals surface area contributed by atoms with Gasteiger partial charge in [0.25, 0.3) is 16.6 Å². The Hall–Kier alpha value is -5.15. The average molecular weight is 949 g/mol. The highest BCUT2D eigenvalue weighted by molar-refractivity contribution is 7.00. The molecule has 0 saturated heterocycles. The van der Waals surface area contributed by atoms with Gasteiger partial charge in [-0.05, 0) is 81.1 Å². The second-order valence-corrected chi connectivity index (χ2v) is 28.1. The molecule has 8 nitrogen and oxygen atoms in total. The lowest BCUT2D eigenvalue weighted by Gasteiger charge is -2.44. The van der Waals surface area contributed by atoms with Crippen LogP contribution in [0.3, 0.4) is 0 Å². The third-order valence-corrected chi connectivity index (χ3v) is 23.1.